The van der Waals surface area contributed by atoms with Crippen LogP contribution in [-0.2, 0) is 14.8 Å². The number of sulfonamides is 1. The third-order valence-corrected chi connectivity index (χ3v) is 9.03. The Morgan fingerprint density at radius 3 is 1.86 bits per heavy atom. The van der Waals surface area contributed by atoms with E-state index in [1.54, 1.807) is 11.8 Å². The summed E-state index contributed by atoms with van der Waals surface area (Å²) >= 11 is 7.37. The van der Waals surface area contributed by atoms with Gasteiger partial charge in [0.25, 0.3) is 0 Å². The Bertz CT molecular complexity index is 594. The van der Waals surface area contributed by atoms with Gasteiger partial charge in [-0.1, -0.05) is 104 Å². The van der Waals surface area contributed by atoms with Crippen molar-refractivity contribution in [1.82, 2.24) is 10.0 Å². The molecule has 0 aliphatic rings. The van der Waals surface area contributed by atoms with Gasteiger partial charge in [0.15, 0.2) is 0 Å². The second-order valence-corrected chi connectivity index (χ2v) is 13.2. The summed E-state index contributed by atoms with van der Waals surface area (Å²) in [6.07, 6.45) is 20.5. The van der Waals surface area contributed by atoms with Gasteiger partial charge in [-0.2, -0.15) is 11.8 Å². The topological polar surface area (TPSA) is 84.5 Å². The summed E-state index contributed by atoms with van der Waals surface area (Å²) in [5.74, 6) is 1.97. The maximum Gasteiger partial charge on any atom is 0.407 e. The van der Waals surface area contributed by atoms with Gasteiger partial charge in [-0.25, -0.2) is 17.9 Å². The summed E-state index contributed by atoms with van der Waals surface area (Å²) in [5, 5.41) is 2.82. The van der Waals surface area contributed by atoms with Crippen molar-refractivity contribution in [3.05, 3.63) is 0 Å². The molecule has 216 valence electrons. The van der Waals surface area contributed by atoms with Gasteiger partial charge in [-0.3, -0.25) is 0 Å². The van der Waals surface area contributed by atoms with E-state index in [1.807, 2.05) is 6.92 Å². The number of alkyl carbamates (subject to hydrolysis) is 1. The highest BCUT2D eigenvalue weighted by Crippen LogP contribution is 2.14. The van der Waals surface area contributed by atoms with E-state index in [4.69, 9.17) is 16.3 Å². The van der Waals surface area contributed by atoms with Crippen LogP contribution in [0, 0.1) is 0 Å². The number of hydrogen-bond donors (Lipinski definition) is 2. The van der Waals surface area contributed by atoms with E-state index in [9.17, 15) is 13.2 Å². The fourth-order valence-corrected chi connectivity index (χ4v) is 6.31. The van der Waals surface area contributed by atoms with Crippen LogP contribution in [0.5, 0.6) is 0 Å². The van der Waals surface area contributed by atoms with Crippen molar-refractivity contribution in [2.45, 2.75) is 129 Å². The zero-order valence-electron chi connectivity index (χ0n) is 23.2. The molecule has 0 saturated carbocycles. The SMILES string of the molecule is CCCCCCCCCCCCCCCCSCC(CNS(=O)(=O)CCCCl)NC(=O)OCCCC. The van der Waals surface area contributed by atoms with Crippen LogP contribution in [0.1, 0.15) is 123 Å². The zero-order valence-corrected chi connectivity index (χ0v) is 25.6. The Labute approximate surface area is 232 Å². The Balaban J connectivity index is 3.94. The van der Waals surface area contributed by atoms with E-state index < -0.39 is 16.1 Å². The first-order chi connectivity index (χ1) is 17.4. The minimum absolute atomic E-state index is 0.00361. The number of halogens is 1. The lowest BCUT2D eigenvalue weighted by Crippen LogP contribution is -2.46. The zero-order chi connectivity index (χ0) is 26.7. The molecule has 0 fully saturated rings. The third-order valence-electron chi connectivity index (χ3n) is 6.11. The van der Waals surface area contributed by atoms with E-state index >= 15 is 0 Å². The number of unbranched alkanes of at least 4 members (excludes halogenated alkanes) is 14. The molecule has 0 radical (unpaired) electrons. The van der Waals surface area contributed by atoms with Crippen LogP contribution in [-0.4, -0.2) is 56.8 Å². The maximum absolute atomic E-state index is 12.1. The van der Waals surface area contributed by atoms with Crippen molar-refractivity contribution in [3.8, 4) is 0 Å². The van der Waals surface area contributed by atoms with E-state index in [-0.39, 0.29) is 18.3 Å². The molecule has 0 spiro atoms. The smallest absolute Gasteiger partial charge is 0.407 e. The number of amides is 1. The van der Waals surface area contributed by atoms with Crippen molar-refractivity contribution in [2.24, 2.45) is 0 Å². The van der Waals surface area contributed by atoms with Gasteiger partial charge in [0.05, 0.1) is 18.4 Å². The van der Waals surface area contributed by atoms with E-state index in [1.165, 1.54) is 83.5 Å². The molecule has 0 aromatic rings. The van der Waals surface area contributed by atoms with Crippen LogP contribution >= 0.6 is 23.4 Å². The number of thioether (sulfide) groups is 1. The number of alkyl halides is 1. The molecule has 0 rings (SSSR count). The highest BCUT2D eigenvalue weighted by Gasteiger charge is 2.17. The first-order valence-electron chi connectivity index (χ1n) is 14.5. The highest BCUT2D eigenvalue weighted by molar-refractivity contribution is 7.99. The van der Waals surface area contributed by atoms with Crippen molar-refractivity contribution in [3.63, 3.8) is 0 Å². The van der Waals surface area contributed by atoms with Gasteiger partial charge in [-0.15, -0.1) is 11.6 Å². The molecule has 2 N–H and O–H groups in total. The van der Waals surface area contributed by atoms with Gasteiger partial charge in [-0.05, 0) is 25.0 Å². The molecule has 6 nitrogen and oxygen atoms in total. The quantitative estimate of drug-likeness (QED) is 0.0782. The van der Waals surface area contributed by atoms with Crippen LogP contribution in [0.15, 0.2) is 0 Å². The highest BCUT2D eigenvalue weighted by atomic mass is 35.5. The van der Waals surface area contributed by atoms with Crippen LogP contribution in [0.4, 0.5) is 4.79 Å². The third kappa shape index (κ3) is 25.5. The lowest BCUT2D eigenvalue weighted by atomic mass is 10.0. The first kappa shape index (κ1) is 35.8. The molecule has 9 heteroatoms. The number of rotatable bonds is 27. The Kier molecular flexibility index (Phi) is 26.3. The molecule has 0 aliphatic heterocycles. The monoisotopic (exact) mass is 570 g/mol. The lowest BCUT2D eigenvalue weighted by Gasteiger charge is -2.19. The van der Waals surface area contributed by atoms with Crippen LogP contribution in [0.3, 0.4) is 0 Å². The fraction of sp³-hybridized carbons (Fsp3) is 0.963. The van der Waals surface area contributed by atoms with Crippen molar-refractivity contribution < 1.29 is 17.9 Å². The maximum atomic E-state index is 12.1. The van der Waals surface area contributed by atoms with Gasteiger partial charge in [0.1, 0.15) is 0 Å². The summed E-state index contributed by atoms with van der Waals surface area (Å²) in [6.45, 7) is 4.85. The number of hydrogen-bond acceptors (Lipinski definition) is 5. The molecular formula is C27H55ClN2O4S2. The van der Waals surface area contributed by atoms with Crippen molar-refractivity contribution >= 4 is 39.5 Å². The second kappa shape index (κ2) is 26.4. The minimum atomic E-state index is -3.39. The number of carbonyl (C=O) groups is 1. The summed E-state index contributed by atoms with van der Waals surface area (Å²) in [7, 11) is -3.39. The standard InChI is InChI=1S/C27H55ClN2O4S2/c1-3-5-7-8-9-10-11-12-13-14-15-16-17-18-22-35-25-26(30-27(31)34-21-6-4-2)24-29-36(32,33)23-19-20-28/h26,29H,3-25H2,1-2H3,(H,30,31). The lowest BCUT2D eigenvalue weighted by molar-refractivity contribution is 0.141. The van der Waals surface area contributed by atoms with Crippen LogP contribution < -0.4 is 10.0 Å². The normalized spacial score (nSPS) is 12.5. The van der Waals surface area contributed by atoms with Crippen molar-refractivity contribution in [1.29, 1.82) is 0 Å². The molecule has 0 aromatic heterocycles. The van der Waals surface area contributed by atoms with Crippen LogP contribution in [0.2, 0.25) is 0 Å². The van der Waals surface area contributed by atoms with Gasteiger partial charge in [0.2, 0.25) is 10.0 Å². The summed E-state index contributed by atoms with van der Waals surface area (Å²) < 4.78 is 32.0. The molecule has 1 atom stereocenters. The number of ether oxygens (including phenoxy) is 1. The van der Waals surface area contributed by atoms with Gasteiger partial charge in [0, 0.05) is 18.2 Å². The molecule has 0 aromatic carbocycles. The Morgan fingerprint density at radius 1 is 0.806 bits per heavy atom. The average Bonchev–Trinajstić information content (AvgIpc) is 2.86. The molecule has 0 saturated heterocycles. The summed E-state index contributed by atoms with van der Waals surface area (Å²) in [4.78, 5) is 12.1. The number of carbonyl (C=O) groups excluding carboxylic acids is 1. The molecule has 0 heterocycles. The Hall–Kier alpha value is -0.180. The summed E-state index contributed by atoms with van der Waals surface area (Å²) in [6, 6.07) is -0.304. The molecular weight excluding hydrogens is 516 g/mol. The Morgan fingerprint density at radius 2 is 1.33 bits per heavy atom. The predicted molar refractivity (Wildman–Crippen MR) is 158 cm³/mol. The van der Waals surface area contributed by atoms with Gasteiger partial charge >= 0.3 is 6.09 Å². The molecule has 1 amide bonds. The molecule has 0 aliphatic carbocycles. The van der Waals surface area contributed by atoms with Crippen molar-refractivity contribution in [2.75, 3.05) is 36.3 Å². The number of nitrogens with one attached hydrogen (secondary N) is 2. The first-order valence-corrected chi connectivity index (χ1v) is 17.8. The molecule has 0 bridgehead atoms. The predicted octanol–water partition coefficient (Wildman–Crippen LogP) is 7.64. The summed E-state index contributed by atoms with van der Waals surface area (Å²) in [5.41, 5.74) is 0. The fourth-order valence-electron chi connectivity index (χ4n) is 3.84. The minimum Gasteiger partial charge on any atom is -0.450 e. The van der Waals surface area contributed by atoms with E-state index in [2.05, 4.69) is 17.0 Å². The van der Waals surface area contributed by atoms with Gasteiger partial charge < -0.3 is 10.1 Å². The average molecular weight is 571 g/mol. The second-order valence-electron chi connectivity index (χ2n) is 9.71. The van der Waals surface area contributed by atoms with E-state index in [0.717, 1.165) is 25.0 Å². The van der Waals surface area contributed by atoms with Crippen LogP contribution in [0.25, 0.3) is 0 Å². The molecule has 1 unspecified atom stereocenters. The largest absolute Gasteiger partial charge is 0.450 e. The molecule has 36 heavy (non-hydrogen) atoms. The van der Waals surface area contributed by atoms with E-state index in [0.29, 0.717) is 24.7 Å².